The number of hydrogen-bond acceptors (Lipinski definition) is 0. The van der Waals surface area contributed by atoms with E-state index < -0.39 is 0 Å². The van der Waals surface area contributed by atoms with Crippen LogP contribution in [0.5, 0.6) is 0 Å². The van der Waals surface area contributed by atoms with Crippen molar-refractivity contribution in [1.29, 1.82) is 0 Å². The Hall–Kier alpha value is 0.119. The van der Waals surface area contributed by atoms with Gasteiger partial charge in [-0.3, -0.25) is 0 Å². The minimum atomic E-state index is 1.09. The van der Waals surface area contributed by atoms with E-state index in [-0.39, 0.29) is 0 Å². The van der Waals surface area contributed by atoms with Crippen LogP contribution in [0.1, 0.15) is 5.82 Å². The van der Waals surface area contributed by atoms with Crippen LogP contribution in [0.4, 0.5) is 0 Å². The normalized spacial score (nSPS) is 9.80. The molecule has 10 heavy (non-hydrogen) atoms. The zero-order valence-electron chi connectivity index (χ0n) is 5.87. The van der Waals surface area contributed by atoms with Gasteiger partial charge in [0.2, 0.25) is 0 Å². The van der Waals surface area contributed by atoms with E-state index in [0.717, 1.165) is 3.32 Å². The summed E-state index contributed by atoms with van der Waals surface area (Å²) in [5.41, 5.74) is 0. The van der Waals surface area contributed by atoms with Crippen LogP contribution in [0.15, 0.2) is 12.4 Å². The average Bonchev–Trinajstić information content (AvgIpc) is 2.11. The summed E-state index contributed by atoms with van der Waals surface area (Å²) in [7, 11) is 4.04. The van der Waals surface area contributed by atoms with Gasteiger partial charge >= 0.3 is 76.4 Å². The predicted octanol–water partition coefficient (Wildman–Crippen LogP) is -1.34. The standard InChI is InChI=1S/C6H8N2Se2/c1-7-3-4-8(2)5(7)6(9)10/h3-4H,1-2H3. The molecule has 54 valence electrons. The van der Waals surface area contributed by atoms with Gasteiger partial charge in [-0.15, -0.1) is 0 Å². The van der Waals surface area contributed by atoms with Crippen LogP contribution < -0.4 is 4.57 Å². The van der Waals surface area contributed by atoms with Crippen molar-refractivity contribution in [3.05, 3.63) is 18.2 Å². The number of imidazole rings is 1. The Bertz CT molecular complexity index is 245. The van der Waals surface area contributed by atoms with Crippen molar-refractivity contribution in [2.75, 3.05) is 0 Å². The average molecular weight is 266 g/mol. The molecule has 0 saturated heterocycles. The Balaban J connectivity index is 3.23. The molecule has 1 rings (SSSR count). The molecule has 0 aliphatic heterocycles. The molecular formula is C6H8N2Se2. The monoisotopic (exact) mass is 268 g/mol. The second-order valence-corrected chi connectivity index (χ2v) is 5.15. The fourth-order valence-electron chi connectivity index (χ4n) is 0.878. The fourth-order valence-corrected chi connectivity index (χ4v) is 2.09. The second kappa shape index (κ2) is 3.02. The van der Waals surface area contributed by atoms with E-state index in [1.807, 2.05) is 26.5 Å². The van der Waals surface area contributed by atoms with Crippen molar-refractivity contribution in [1.82, 2.24) is 4.57 Å². The molecule has 0 saturated carbocycles. The number of aromatic nitrogens is 2. The Kier molecular flexibility index (Phi) is 2.48. The molecule has 0 radical (unpaired) electrons. The van der Waals surface area contributed by atoms with Gasteiger partial charge in [0.05, 0.1) is 0 Å². The number of nitrogens with zero attached hydrogens (tertiary/aromatic N) is 2. The zero-order valence-corrected chi connectivity index (χ0v) is 9.29. The third-order valence-electron chi connectivity index (χ3n) is 1.36. The first-order valence-corrected chi connectivity index (χ1v) is 4.56. The Morgan fingerprint density at radius 1 is 1.80 bits per heavy atom. The molecule has 0 unspecified atom stereocenters. The fraction of sp³-hybridized carbons (Fsp3) is 0.333. The van der Waals surface area contributed by atoms with Gasteiger partial charge in [0.1, 0.15) is 0 Å². The Labute approximate surface area is 76.4 Å². The van der Waals surface area contributed by atoms with E-state index in [1.54, 1.807) is 0 Å². The first kappa shape index (κ1) is 8.22. The number of hydrogen-bond donors (Lipinski definition) is 0. The van der Waals surface area contributed by atoms with E-state index in [2.05, 4.69) is 40.7 Å². The van der Waals surface area contributed by atoms with E-state index in [4.69, 9.17) is 0 Å². The molecular weight excluding hydrogens is 258 g/mol. The van der Waals surface area contributed by atoms with Crippen molar-refractivity contribution < 1.29 is 4.57 Å². The van der Waals surface area contributed by atoms with Gasteiger partial charge in [0.15, 0.2) is 0 Å². The summed E-state index contributed by atoms with van der Waals surface area (Å²) in [5, 5.41) is 0. The van der Waals surface area contributed by atoms with Crippen LogP contribution in [0, 0.1) is 0 Å². The summed E-state index contributed by atoms with van der Waals surface area (Å²) in [5.74, 6) is 1.17. The maximum absolute atomic E-state index is 2.94. The van der Waals surface area contributed by atoms with Crippen LogP contribution >= 0.6 is 0 Å². The molecule has 0 aromatic carbocycles. The van der Waals surface area contributed by atoms with Crippen molar-refractivity contribution in [2.45, 2.75) is 0 Å². The Morgan fingerprint density at radius 3 is 2.60 bits per heavy atom. The van der Waals surface area contributed by atoms with Crippen LogP contribution in [0.2, 0.25) is 0 Å². The first-order chi connectivity index (χ1) is 4.63. The van der Waals surface area contributed by atoms with Crippen LogP contribution in [0.3, 0.4) is 0 Å². The number of aryl methyl sites for hydroxylation is 2. The first-order valence-electron chi connectivity index (χ1n) is 2.85. The Morgan fingerprint density at radius 2 is 2.40 bits per heavy atom. The summed E-state index contributed by atoms with van der Waals surface area (Å²) in [6, 6.07) is 0. The van der Waals surface area contributed by atoms with Crippen molar-refractivity contribution in [3.63, 3.8) is 0 Å². The van der Waals surface area contributed by atoms with E-state index >= 15 is 0 Å². The van der Waals surface area contributed by atoms with Gasteiger partial charge in [-0.2, -0.15) is 0 Å². The van der Waals surface area contributed by atoms with Crippen molar-refractivity contribution >= 4 is 34.9 Å². The molecule has 0 aliphatic carbocycles. The maximum atomic E-state index is 2.94. The molecule has 1 heterocycles. The molecule has 0 amide bonds. The molecule has 1 aromatic rings. The summed E-state index contributed by atoms with van der Waals surface area (Å²) < 4.78 is 5.21. The third kappa shape index (κ3) is 1.40. The van der Waals surface area contributed by atoms with Gasteiger partial charge in [-0.1, -0.05) is 0 Å². The van der Waals surface area contributed by atoms with E-state index in [0.29, 0.717) is 0 Å². The molecule has 0 aliphatic rings. The third-order valence-corrected chi connectivity index (χ3v) is 2.13. The minimum absolute atomic E-state index is 1.09. The molecule has 0 bridgehead atoms. The summed E-state index contributed by atoms with van der Waals surface area (Å²) in [6.07, 6.45) is 4.04. The summed E-state index contributed by atoms with van der Waals surface area (Å²) in [4.78, 5) is 0. The second-order valence-electron chi connectivity index (χ2n) is 2.13. The SMILES string of the molecule is Cn1cc[n+](C)c1C(=[Se])[Se-]. The van der Waals surface area contributed by atoms with Gasteiger partial charge in [0.25, 0.3) is 0 Å². The molecule has 0 N–H and O–H groups in total. The van der Waals surface area contributed by atoms with Gasteiger partial charge in [-0.25, -0.2) is 0 Å². The zero-order chi connectivity index (χ0) is 7.72. The van der Waals surface area contributed by atoms with Gasteiger partial charge < -0.3 is 0 Å². The summed E-state index contributed by atoms with van der Waals surface area (Å²) in [6.45, 7) is 0. The topological polar surface area (TPSA) is 8.81 Å². The van der Waals surface area contributed by atoms with Crippen LogP contribution in [-0.4, -0.2) is 39.5 Å². The van der Waals surface area contributed by atoms with Crippen LogP contribution in [-0.2, 0) is 14.1 Å². The molecule has 0 spiro atoms. The molecule has 0 atom stereocenters. The van der Waals surface area contributed by atoms with Gasteiger partial charge in [0, 0.05) is 0 Å². The predicted molar refractivity (Wildman–Crippen MR) is 42.2 cm³/mol. The molecule has 2 nitrogen and oxygen atoms in total. The molecule has 0 fully saturated rings. The number of rotatable bonds is 1. The van der Waals surface area contributed by atoms with Crippen molar-refractivity contribution in [3.8, 4) is 0 Å². The quantitative estimate of drug-likeness (QED) is 0.440. The van der Waals surface area contributed by atoms with Gasteiger partial charge in [-0.05, 0) is 0 Å². The van der Waals surface area contributed by atoms with E-state index in [1.165, 1.54) is 5.82 Å². The molecule has 1 aromatic heterocycles. The van der Waals surface area contributed by atoms with Crippen LogP contribution in [0.25, 0.3) is 0 Å². The van der Waals surface area contributed by atoms with Crippen molar-refractivity contribution in [2.24, 2.45) is 14.1 Å². The summed E-state index contributed by atoms with van der Waals surface area (Å²) >= 11 is 5.89. The van der Waals surface area contributed by atoms with E-state index in [9.17, 15) is 0 Å². The molecule has 4 heteroatoms.